The Bertz CT molecular complexity index is 1210. The van der Waals surface area contributed by atoms with Crippen LogP contribution in [0.2, 0.25) is 0 Å². The third kappa shape index (κ3) is 4.95. The molecule has 1 aliphatic rings. The summed E-state index contributed by atoms with van der Waals surface area (Å²) in [7, 11) is -2.02. The van der Waals surface area contributed by atoms with Crippen LogP contribution < -0.4 is 4.90 Å². The Balaban J connectivity index is 1.47. The van der Waals surface area contributed by atoms with Crippen molar-refractivity contribution in [2.24, 2.45) is 0 Å². The number of anilines is 1. The zero-order chi connectivity index (χ0) is 23.6. The van der Waals surface area contributed by atoms with E-state index in [2.05, 4.69) is 0 Å². The number of carbonyl (C=O) groups is 1. The lowest BCUT2D eigenvalue weighted by molar-refractivity contribution is 0.0744. The van der Waals surface area contributed by atoms with Crippen molar-refractivity contribution < 1.29 is 17.6 Å². The molecule has 0 saturated carbocycles. The van der Waals surface area contributed by atoms with Gasteiger partial charge in [0.25, 0.3) is 5.91 Å². The summed E-state index contributed by atoms with van der Waals surface area (Å²) in [5.41, 5.74) is 1.20. The molecule has 1 aromatic heterocycles. The molecular formula is C24H26FN3O3S2. The van der Waals surface area contributed by atoms with Crippen LogP contribution in [0, 0.1) is 5.82 Å². The molecule has 0 N–H and O–H groups in total. The fraction of sp³-hybridized carbons (Fsp3) is 0.292. The maximum atomic E-state index is 13.3. The molecule has 1 atom stereocenters. The Labute approximate surface area is 197 Å². The quantitative estimate of drug-likeness (QED) is 0.522. The van der Waals surface area contributed by atoms with Gasteiger partial charge in [-0.25, -0.2) is 12.8 Å². The van der Waals surface area contributed by atoms with Crippen LogP contribution in [0.15, 0.2) is 70.9 Å². The van der Waals surface area contributed by atoms with Crippen molar-refractivity contribution in [2.45, 2.75) is 17.9 Å². The molecule has 174 valence electrons. The summed E-state index contributed by atoms with van der Waals surface area (Å²) >= 11 is 1.58. The van der Waals surface area contributed by atoms with E-state index in [9.17, 15) is 17.6 Å². The Morgan fingerprint density at radius 2 is 1.73 bits per heavy atom. The van der Waals surface area contributed by atoms with E-state index in [1.54, 1.807) is 47.5 Å². The second-order valence-electron chi connectivity index (χ2n) is 8.00. The van der Waals surface area contributed by atoms with Crippen molar-refractivity contribution in [3.8, 4) is 0 Å². The summed E-state index contributed by atoms with van der Waals surface area (Å²) < 4.78 is 41.2. The third-order valence-corrected chi connectivity index (χ3v) is 8.94. The average Bonchev–Trinajstić information content (AvgIpc) is 3.38. The maximum Gasteiger partial charge on any atom is 0.254 e. The highest BCUT2D eigenvalue weighted by molar-refractivity contribution is 7.89. The van der Waals surface area contributed by atoms with Gasteiger partial charge in [0.05, 0.1) is 10.9 Å². The van der Waals surface area contributed by atoms with Crippen molar-refractivity contribution in [1.82, 2.24) is 9.21 Å². The Morgan fingerprint density at radius 1 is 1.03 bits per heavy atom. The SMILES string of the molecule is CC(c1cccs1)N(C)C(=O)c1cccc(S(=O)(=O)N2CCN(c3ccc(F)cc3)CC2)c1. The standard InChI is InChI=1S/C24H26FN3O3S2/c1-18(23-7-4-16-32-23)26(2)24(29)19-5-3-6-22(17-19)33(30,31)28-14-12-27(13-15-28)21-10-8-20(25)9-11-21/h3-11,16-18H,12-15H2,1-2H3. The normalized spacial score (nSPS) is 15.9. The van der Waals surface area contributed by atoms with Crippen LogP contribution >= 0.6 is 11.3 Å². The Morgan fingerprint density at radius 3 is 2.36 bits per heavy atom. The highest BCUT2D eigenvalue weighted by Gasteiger charge is 2.29. The number of thiophene rings is 1. The summed E-state index contributed by atoms with van der Waals surface area (Å²) in [4.78, 5) is 17.9. The Hall–Kier alpha value is -2.75. The van der Waals surface area contributed by atoms with Gasteiger partial charge in [-0.05, 0) is 60.8 Å². The van der Waals surface area contributed by atoms with Gasteiger partial charge in [-0.3, -0.25) is 4.79 Å². The first kappa shape index (κ1) is 23.4. The van der Waals surface area contributed by atoms with Crippen molar-refractivity contribution >= 4 is 33.0 Å². The molecule has 0 bridgehead atoms. The van der Waals surface area contributed by atoms with Crippen LogP contribution in [0.4, 0.5) is 10.1 Å². The molecule has 33 heavy (non-hydrogen) atoms. The van der Waals surface area contributed by atoms with Gasteiger partial charge in [0.15, 0.2) is 0 Å². The molecule has 1 fully saturated rings. The molecule has 2 heterocycles. The largest absolute Gasteiger partial charge is 0.369 e. The number of hydrogen-bond acceptors (Lipinski definition) is 5. The molecule has 2 aromatic carbocycles. The smallest absolute Gasteiger partial charge is 0.254 e. The second kappa shape index (κ2) is 9.62. The molecule has 1 unspecified atom stereocenters. The van der Waals surface area contributed by atoms with Crippen LogP contribution in [0.1, 0.15) is 28.2 Å². The number of amides is 1. The number of nitrogens with zero attached hydrogens (tertiary/aromatic N) is 3. The van der Waals surface area contributed by atoms with Crippen molar-refractivity contribution in [3.63, 3.8) is 0 Å². The molecule has 1 aliphatic heterocycles. The average molecular weight is 488 g/mol. The van der Waals surface area contributed by atoms with E-state index in [0.717, 1.165) is 10.6 Å². The van der Waals surface area contributed by atoms with E-state index in [4.69, 9.17) is 0 Å². The zero-order valence-corrected chi connectivity index (χ0v) is 20.2. The molecule has 1 amide bonds. The minimum atomic E-state index is -3.74. The fourth-order valence-electron chi connectivity index (χ4n) is 3.88. The van der Waals surface area contributed by atoms with Crippen molar-refractivity contribution in [1.29, 1.82) is 0 Å². The summed E-state index contributed by atoms with van der Waals surface area (Å²) in [6.45, 7) is 3.58. The number of carbonyl (C=O) groups excluding carboxylic acids is 1. The first-order chi connectivity index (χ1) is 15.8. The summed E-state index contributed by atoms with van der Waals surface area (Å²) in [5.74, 6) is -0.529. The van der Waals surface area contributed by atoms with Gasteiger partial charge in [0, 0.05) is 49.4 Å². The number of sulfonamides is 1. The molecule has 3 aromatic rings. The van der Waals surface area contributed by atoms with Crippen LogP contribution in [0.5, 0.6) is 0 Å². The van der Waals surface area contributed by atoms with Crippen LogP contribution in [-0.2, 0) is 10.0 Å². The summed E-state index contributed by atoms with van der Waals surface area (Å²) in [6, 6.07) is 16.2. The molecule has 9 heteroatoms. The molecule has 0 radical (unpaired) electrons. The molecule has 4 rings (SSSR count). The molecule has 0 aliphatic carbocycles. The topological polar surface area (TPSA) is 60.9 Å². The number of rotatable bonds is 6. The third-order valence-electron chi connectivity index (χ3n) is 6.01. The van der Waals surface area contributed by atoms with Gasteiger partial charge in [-0.15, -0.1) is 11.3 Å². The highest BCUT2D eigenvalue weighted by Crippen LogP contribution is 2.26. The number of halogens is 1. The predicted octanol–water partition coefficient (Wildman–Crippen LogP) is 4.23. The van der Waals surface area contributed by atoms with Crippen LogP contribution in [0.3, 0.4) is 0 Å². The van der Waals surface area contributed by atoms with Gasteiger partial charge in [0.1, 0.15) is 5.82 Å². The van der Waals surface area contributed by atoms with Gasteiger partial charge in [-0.1, -0.05) is 12.1 Å². The van der Waals surface area contributed by atoms with E-state index in [1.807, 2.05) is 29.3 Å². The first-order valence-corrected chi connectivity index (χ1v) is 13.0. The zero-order valence-electron chi connectivity index (χ0n) is 18.5. The lowest BCUT2D eigenvalue weighted by Gasteiger charge is -2.35. The lowest BCUT2D eigenvalue weighted by Crippen LogP contribution is -2.48. The minimum Gasteiger partial charge on any atom is -0.369 e. The van der Waals surface area contributed by atoms with Gasteiger partial charge >= 0.3 is 0 Å². The van der Waals surface area contributed by atoms with E-state index in [-0.39, 0.29) is 22.7 Å². The maximum absolute atomic E-state index is 13.3. The van der Waals surface area contributed by atoms with Crippen molar-refractivity contribution in [3.05, 3.63) is 82.3 Å². The summed E-state index contributed by atoms with van der Waals surface area (Å²) in [5, 5.41) is 1.97. The van der Waals surface area contributed by atoms with E-state index >= 15 is 0 Å². The molecule has 1 saturated heterocycles. The Kier molecular flexibility index (Phi) is 6.83. The van der Waals surface area contributed by atoms with E-state index in [1.165, 1.54) is 28.6 Å². The highest BCUT2D eigenvalue weighted by atomic mass is 32.2. The molecule has 6 nitrogen and oxygen atoms in total. The molecule has 0 spiro atoms. The minimum absolute atomic E-state index is 0.112. The van der Waals surface area contributed by atoms with Gasteiger partial charge < -0.3 is 9.80 Å². The number of piperazine rings is 1. The van der Waals surface area contributed by atoms with E-state index < -0.39 is 10.0 Å². The molecular weight excluding hydrogens is 461 g/mol. The predicted molar refractivity (Wildman–Crippen MR) is 129 cm³/mol. The van der Waals surface area contributed by atoms with Crippen LogP contribution in [0.25, 0.3) is 0 Å². The monoisotopic (exact) mass is 487 g/mol. The lowest BCUT2D eigenvalue weighted by atomic mass is 10.1. The van der Waals surface area contributed by atoms with Gasteiger partial charge in [-0.2, -0.15) is 4.31 Å². The first-order valence-electron chi connectivity index (χ1n) is 10.7. The van der Waals surface area contributed by atoms with Crippen molar-refractivity contribution in [2.75, 3.05) is 38.1 Å². The fourth-order valence-corrected chi connectivity index (χ4v) is 6.17. The van der Waals surface area contributed by atoms with Crippen LogP contribution in [-0.4, -0.2) is 56.8 Å². The summed E-state index contributed by atoms with van der Waals surface area (Å²) in [6.07, 6.45) is 0. The number of hydrogen-bond donors (Lipinski definition) is 0. The number of benzene rings is 2. The second-order valence-corrected chi connectivity index (χ2v) is 10.9. The van der Waals surface area contributed by atoms with Gasteiger partial charge in [0.2, 0.25) is 10.0 Å². The van der Waals surface area contributed by atoms with E-state index in [0.29, 0.717) is 31.7 Å².